The number of esters is 4. The molecule has 5 fully saturated rings. The third-order valence-corrected chi connectivity index (χ3v) is 8.30. The predicted molar refractivity (Wildman–Crippen MR) is 101 cm³/mol. The van der Waals surface area contributed by atoms with Crippen LogP contribution >= 0.6 is 0 Å². The van der Waals surface area contributed by atoms with E-state index in [0.717, 1.165) is 0 Å². The van der Waals surface area contributed by atoms with E-state index in [4.69, 9.17) is 28.4 Å². The summed E-state index contributed by atoms with van der Waals surface area (Å²) in [7, 11) is 0. The van der Waals surface area contributed by atoms with E-state index in [2.05, 4.69) is 0 Å². The maximum absolute atomic E-state index is 13.3. The van der Waals surface area contributed by atoms with Gasteiger partial charge in [0.2, 0.25) is 0 Å². The van der Waals surface area contributed by atoms with Crippen molar-refractivity contribution in [3.05, 3.63) is 11.6 Å². The maximum atomic E-state index is 13.3. The van der Waals surface area contributed by atoms with E-state index < -0.39 is 89.0 Å². The predicted octanol–water partition coefficient (Wildman–Crippen LogP) is 0.208. The zero-order valence-corrected chi connectivity index (χ0v) is 18.3. The molecule has 0 radical (unpaired) electrons. The summed E-state index contributed by atoms with van der Waals surface area (Å²) >= 11 is 0. The van der Waals surface area contributed by atoms with Crippen molar-refractivity contribution in [2.45, 2.75) is 82.9 Å². The molecular formula is C22H24O10. The highest BCUT2D eigenvalue weighted by molar-refractivity contribution is 5.88. The van der Waals surface area contributed by atoms with Crippen molar-refractivity contribution in [1.82, 2.24) is 0 Å². The van der Waals surface area contributed by atoms with E-state index in [1.165, 1.54) is 19.9 Å². The molecule has 2 saturated carbocycles. The quantitative estimate of drug-likeness (QED) is 0.335. The van der Waals surface area contributed by atoms with Crippen molar-refractivity contribution < 1.29 is 47.6 Å². The van der Waals surface area contributed by atoms with E-state index in [9.17, 15) is 19.2 Å². The van der Waals surface area contributed by atoms with Crippen LogP contribution < -0.4 is 0 Å². The van der Waals surface area contributed by atoms with E-state index in [1.54, 1.807) is 13.8 Å². The lowest BCUT2D eigenvalue weighted by Gasteiger charge is -2.53. The molecule has 6 aliphatic rings. The highest BCUT2D eigenvalue weighted by Crippen LogP contribution is 2.76. The highest BCUT2D eigenvalue weighted by atomic mass is 16.7. The van der Waals surface area contributed by atoms with E-state index in [0.29, 0.717) is 5.57 Å². The SMILES string of the molecule is CC(=O)OC(C)[C@H]1OC(=O)C=C2[C@]3(C)[C@H]4[C@H](OC(=O)[C@@]4(C)[C@@H](OC(C)=O)[C@@H]4O[C@@H]43)[C@H]3O[C@]213. The number of carbonyl (C=O) groups excluding carboxylic acids is 4. The van der Waals surface area contributed by atoms with E-state index in [1.807, 2.05) is 6.92 Å². The molecule has 6 rings (SSSR count). The number of ether oxygens (including phenoxy) is 6. The van der Waals surface area contributed by atoms with Gasteiger partial charge in [-0.2, -0.15) is 0 Å². The largest absolute Gasteiger partial charge is 0.459 e. The van der Waals surface area contributed by atoms with Crippen molar-refractivity contribution in [1.29, 1.82) is 0 Å². The zero-order valence-electron chi connectivity index (χ0n) is 18.3. The summed E-state index contributed by atoms with van der Waals surface area (Å²) in [6.07, 6.45) is -3.18. The Morgan fingerprint density at radius 3 is 2.41 bits per heavy atom. The Morgan fingerprint density at radius 1 is 1.03 bits per heavy atom. The number of hydrogen-bond donors (Lipinski definition) is 0. The Labute approximate surface area is 183 Å². The van der Waals surface area contributed by atoms with Crippen LogP contribution in [0.4, 0.5) is 0 Å². The normalized spacial score (nSPS) is 52.0. The summed E-state index contributed by atoms with van der Waals surface area (Å²) in [6.45, 7) is 7.89. The summed E-state index contributed by atoms with van der Waals surface area (Å²) in [4.78, 5) is 49.3. The molecule has 0 N–H and O–H groups in total. The van der Waals surface area contributed by atoms with Gasteiger partial charge in [-0.3, -0.25) is 14.4 Å². The Kier molecular flexibility index (Phi) is 3.60. The number of rotatable bonds is 3. The minimum Gasteiger partial charge on any atom is -0.459 e. The molecule has 0 aromatic rings. The molecule has 4 heterocycles. The summed E-state index contributed by atoms with van der Waals surface area (Å²) < 4.78 is 34.6. The molecule has 2 aliphatic carbocycles. The van der Waals surface area contributed by atoms with Gasteiger partial charge in [0.15, 0.2) is 11.7 Å². The van der Waals surface area contributed by atoms with Crippen LogP contribution in [0.25, 0.3) is 0 Å². The Bertz CT molecular complexity index is 1020. The summed E-state index contributed by atoms with van der Waals surface area (Å²) in [5, 5.41) is 0. The van der Waals surface area contributed by atoms with Crippen LogP contribution in [0.5, 0.6) is 0 Å². The van der Waals surface area contributed by atoms with Gasteiger partial charge in [0, 0.05) is 31.3 Å². The number of carbonyl (C=O) groups is 4. The lowest BCUT2D eigenvalue weighted by molar-refractivity contribution is -0.173. The van der Waals surface area contributed by atoms with Crippen LogP contribution in [-0.4, -0.2) is 72.2 Å². The molecule has 11 atom stereocenters. The fourth-order valence-corrected chi connectivity index (χ4v) is 7.23. The molecule has 1 unspecified atom stereocenters. The van der Waals surface area contributed by atoms with Crippen molar-refractivity contribution in [3.63, 3.8) is 0 Å². The summed E-state index contributed by atoms with van der Waals surface area (Å²) in [6, 6.07) is 0. The molecule has 32 heavy (non-hydrogen) atoms. The number of fused-ring (bicyclic) bond motifs is 4. The van der Waals surface area contributed by atoms with E-state index in [-0.39, 0.29) is 0 Å². The molecule has 0 amide bonds. The van der Waals surface area contributed by atoms with Crippen LogP contribution in [0.2, 0.25) is 0 Å². The lowest BCUT2D eigenvalue weighted by Crippen LogP contribution is -2.66. The van der Waals surface area contributed by atoms with Crippen LogP contribution in [0, 0.1) is 16.7 Å². The summed E-state index contributed by atoms with van der Waals surface area (Å²) in [5.74, 6) is -2.52. The third-order valence-electron chi connectivity index (χ3n) is 8.30. The first-order valence-electron chi connectivity index (χ1n) is 10.8. The Morgan fingerprint density at radius 2 is 1.75 bits per heavy atom. The molecule has 172 valence electrons. The first kappa shape index (κ1) is 20.2. The van der Waals surface area contributed by atoms with E-state index >= 15 is 0 Å². The molecule has 4 aliphatic heterocycles. The molecule has 0 bridgehead atoms. The van der Waals surface area contributed by atoms with Crippen LogP contribution in [-0.2, 0) is 47.6 Å². The first-order chi connectivity index (χ1) is 15.0. The highest BCUT2D eigenvalue weighted by Gasteiger charge is 2.89. The fourth-order valence-electron chi connectivity index (χ4n) is 7.23. The topological polar surface area (TPSA) is 130 Å². The standard InChI is InChI=1S/C22H24O10/c1-7(27-8(2)23)15-22-10(6-11(25)29-15)20(4)14-12(18(22)32-22)31-19(26)21(14,5)17(28-9(3)24)13-16(20)30-13/h6-7,12-18H,1-5H3/t7?,12-,13+,14+,15+,16-,17-,18+,20+,21+,22+/m0/s1. The monoisotopic (exact) mass is 448 g/mol. The second-order valence-corrected chi connectivity index (χ2v) is 10.0. The minimum absolute atomic E-state index is 0.397. The average molecular weight is 448 g/mol. The summed E-state index contributed by atoms with van der Waals surface area (Å²) in [5.41, 5.74) is -2.39. The van der Waals surface area contributed by atoms with Gasteiger partial charge in [0.25, 0.3) is 0 Å². The number of cyclic esters (lactones) is 1. The van der Waals surface area contributed by atoms with Crippen molar-refractivity contribution in [3.8, 4) is 0 Å². The van der Waals surface area contributed by atoms with Crippen molar-refractivity contribution in [2.75, 3.05) is 0 Å². The second kappa shape index (κ2) is 5.72. The van der Waals surface area contributed by atoms with Gasteiger partial charge in [-0.15, -0.1) is 0 Å². The molecule has 10 heteroatoms. The fraction of sp³-hybridized carbons (Fsp3) is 0.727. The maximum Gasteiger partial charge on any atom is 0.331 e. The smallest absolute Gasteiger partial charge is 0.331 e. The van der Waals surface area contributed by atoms with Gasteiger partial charge in [0.05, 0.1) is 6.10 Å². The van der Waals surface area contributed by atoms with Gasteiger partial charge in [-0.05, 0) is 19.4 Å². The Balaban J connectivity index is 1.49. The second-order valence-electron chi connectivity index (χ2n) is 10.0. The van der Waals surface area contributed by atoms with Crippen LogP contribution in [0.3, 0.4) is 0 Å². The average Bonchev–Trinajstić information content (AvgIpc) is 3.58. The first-order valence-corrected chi connectivity index (χ1v) is 10.8. The molecule has 0 aromatic carbocycles. The molecule has 10 nitrogen and oxygen atoms in total. The van der Waals surface area contributed by atoms with Crippen LogP contribution in [0.15, 0.2) is 11.6 Å². The molecule has 1 spiro atoms. The Hall–Kier alpha value is -2.46. The van der Waals surface area contributed by atoms with Gasteiger partial charge < -0.3 is 28.4 Å². The zero-order chi connectivity index (χ0) is 23.0. The molecule has 3 saturated heterocycles. The molecular weight excluding hydrogens is 424 g/mol. The molecule has 0 aromatic heterocycles. The lowest BCUT2D eigenvalue weighted by atomic mass is 9.46. The van der Waals surface area contributed by atoms with Crippen molar-refractivity contribution in [2.24, 2.45) is 16.7 Å². The third kappa shape index (κ3) is 2.08. The van der Waals surface area contributed by atoms with Gasteiger partial charge in [-0.25, -0.2) is 4.79 Å². The minimum atomic E-state index is -1.17. The number of epoxide rings is 2. The van der Waals surface area contributed by atoms with Crippen molar-refractivity contribution >= 4 is 23.9 Å². The number of hydrogen-bond acceptors (Lipinski definition) is 10. The van der Waals surface area contributed by atoms with Gasteiger partial charge in [-0.1, -0.05) is 6.92 Å². The van der Waals surface area contributed by atoms with Gasteiger partial charge in [0.1, 0.15) is 35.9 Å². The van der Waals surface area contributed by atoms with Gasteiger partial charge >= 0.3 is 23.9 Å². The van der Waals surface area contributed by atoms with Crippen LogP contribution in [0.1, 0.15) is 34.6 Å².